The zero-order valence-electron chi connectivity index (χ0n) is 13.9. The summed E-state index contributed by atoms with van der Waals surface area (Å²) in [5.74, 6) is 3.25. The number of rotatable bonds is 6. The first-order valence-electron chi connectivity index (χ1n) is 8.47. The Labute approximate surface area is 129 Å². The van der Waals surface area contributed by atoms with Crippen LogP contribution in [-0.4, -0.2) is 22.6 Å². The number of nitrogens with zero attached hydrogens (tertiary/aromatic N) is 2. The Hall–Kier alpha value is -1.32. The fourth-order valence-corrected chi connectivity index (χ4v) is 3.20. The maximum absolute atomic E-state index is 4.53. The first-order chi connectivity index (χ1) is 10.1. The largest absolute Gasteiger partial charge is 0.370 e. The number of hydrogen-bond donors (Lipinski definition) is 2. The summed E-state index contributed by atoms with van der Waals surface area (Å²) in [7, 11) is 0. The quantitative estimate of drug-likeness (QED) is 0.814. The van der Waals surface area contributed by atoms with Crippen molar-refractivity contribution in [3.05, 3.63) is 11.9 Å². The molecule has 1 aliphatic carbocycles. The van der Waals surface area contributed by atoms with Gasteiger partial charge >= 0.3 is 0 Å². The van der Waals surface area contributed by atoms with Crippen LogP contribution in [0.15, 0.2) is 6.33 Å². The van der Waals surface area contributed by atoms with Crippen molar-refractivity contribution in [2.75, 3.05) is 17.2 Å². The van der Waals surface area contributed by atoms with Crippen molar-refractivity contribution in [1.29, 1.82) is 0 Å². The van der Waals surface area contributed by atoms with Crippen LogP contribution < -0.4 is 10.6 Å². The van der Waals surface area contributed by atoms with E-state index in [1.165, 1.54) is 31.2 Å². The molecule has 0 aromatic carbocycles. The number of hydrogen-bond acceptors (Lipinski definition) is 4. The third kappa shape index (κ3) is 4.32. The SMILES string of the molecule is CCCNc1ncnc(NC2CCCC(C)C2)c1C(C)C. The Morgan fingerprint density at radius 1 is 1.24 bits per heavy atom. The monoisotopic (exact) mass is 290 g/mol. The normalized spacial score (nSPS) is 22.3. The van der Waals surface area contributed by atoms with Crippen LogP contribution in [0.3, 0.4) is 0 Å². The fraction of sp³-hybridized carbons (Fsp3) is 0.765. The molecule has 1 heterocycles. The summed E-state index contributed by atoms with van der Waals surface area (Å²) < 4.78 is 0. The van der Waals surface area contributed by atoms with E-state index in [0.717, 1.165) is 30.5 Å². The molecule has 1 aliphatic rings. The minimum absolute atomic E-state index is 0.411. The third-order valence-electron chi connectivity index (χ3n) is 4.28. The number of anilines is 2. The summed E-state index contributed by atoms with van der Waals surface area (Å²) in [4.78, 5) is 8.97. The molecule has 0 bridgehead atoms. The molecule has 4 nitrogen and oxygen atoms in total. The Morgan fingerprint density at radius 2 is 2.00 bits per heavy atom. The fourth-order valence-electron chi connectivity index (χ4n) is 3.20. The maximum Gasteiger partial charge on any atom is 0.135 e. The van der Waals surface area contributed by atoms with Gasteiger partial charge in [0.2, 0.25) is 0 Å². The van der Waals surface area contributed by atoms with Crippen LogP contribution in [0.2, 0.25) is 0 Å². The first kappa shape index (κ1) is 16.1. The molecule has 1 aromatic rings. The van der Waals surface area contributed by atoms with Crippen LogP contribution in [0, 0.1) is 5.92 Å². The lowest BCUT2D eigenvalue weighted by Crippen LogP contribution is -2.27. The Balaban J connectivity index is 2.17. The van der Waals surface area contributed by atoms with Crippen molar-refractivity contribution in [3.8, 4) is 0 Å². The van der Waals surface area contributed by atoms with Gasteiger partial charge in [0.05, 0.1) is 0 Å². The molecule has 1 aromatic heterocycles. The predicted molar refractivity (Wildman–Crippen MR) is 89.9 cm³/mol. The molecule has 1 saturated carbocycles. The maximum atomic E-state index is 4.53. The van der Waals surface area contributed by atoms with Crippen LogP contribution >= 0.6 is 0 Å². The molecule has 21 heavy (non-hydrogen) atoms. The number of nitrogens with one attached hydrogen (secondary N) is 2. The lowest BCUT2D eigenvalue weighted by atomic mass is 9.87. The molecule has 0 saturated heterocycles. The molecule has 0 spiro atoms. The van der Waals surface area contributed by atoms with Crippen molar-refractivity contribution >= 4 is 11.6 Å². The van der Waals surface area contributed by atoms with Gasteiger partial charge in [-0.1, -0.05) is 40.5 Å². The van der Waals surface area contributed by atoms with Gasteiger partial charge in [0, 0.05) is 18.2 Å². The standard InChI is InChI=1S/C17H30N4/c1-5-9-18-16-15(12(2)3)17(20-11-19-16)21-14-8-6-7-13(4)10-14/h11-14H,5-10H2,1-4H3,(H2,18,19,20,21). The highest BCUT2D eigenvalue weighted by Gasteiger charge is 2.22. The molecule has 2 atom stereocenters. The first-order valence-corrected chi connectivity index (χ1v) is 8.47. The molecular formula is C17H30N4. The van der Waals surface area contributed by atoms with E-state index in [4.69, 9.17) is 0 Å². The van der Waals surface area contributed by atoms with Gasteiger partial charge in [-0.05, 0) is 31.1 Å². The van der Waals surface area contributed by atoms with Crippen molar-refractivity contribution in [3.63, 3.8) is 0 Å². The summed E-state index contributed by atoms with van der Waals surface area (Å²) >= 11 is 0. The Morgan fingerprint density at radius 3 is 2.67 bits per heavy atom. The van der Waals surface area contributed by atoms with Crippen LogP contribution in [0.1, 0.15) is 71.3 Å². The molecule has 0 amide bonds. The molecule has 0 radical (unpaired) electrons. The molecule has 2 unspecified atom stereocenters. The summed E-state index contributed by atoms with van der Waals surface area (Å²) in [6.45, 7) is 9.91. The molecule has 1 fully saturated rings. The average Bonchev–Trinajstić information content (AvgIpc) is 2.45. The van der Waals surface area contributed by atoms with Crippen LogP contribution in [0.4, 0.5) is 11.6 Å². The zero-order chi connectivity index (χ0) is 15.2. The van der Waals surface area contributed by atoms with Crippen LogP contribution in [0.25, 0.3) is 0 Å². The van der Waals surface area contributed by atoms with E-state index in [0.29, 0.717) is 12.0 Å². The molecule has 2 rings (SSSR count). The number of aromatic nitrogens is 2. The summed E-state index contributed by atoms with van der Waals surface area (Å²) in [6.07, 6.45) is 7.97. The van der Waals surface area contributed by atoms with Gasteiger partial charge < -0.3 is 10.6 Å². The van der Waals surface area contributed by atoms with Crippen LogP contribution in [0.5, 0.6) is 0 Å². The summed E-state index contributed by atoms with van der Waals surface area (Å²) in [6, 6.07) is 0.556. The van der Waals surface area contributed by atoms with Gasteiger partial charge in [0.25, 0.3) is 0 Å². The lowest BCUT2D eigenvalue weighted by Gasteiger charge is -2.29. The van der Waals surface area contributed by atoms with E-state index in [-0.39, 0.29) is 0 Å². The third-order valence-corrected chi connectivity index (χ3v) is 4.28. The van der Waals surface area contributed by atoms with E-state index in [1.807, 2.05) is 0 Å². The molecule has 0 aliphatic heterocycles. The highest BCUT2D eigenvalue weighted by molar-refractivity contribution is 5.59. The van der Waals surface area contributed by atoms with E-state index < -0.39 is 0 Å². The van der Waals surface area contributed by atoms with Gasteiger partial charge in [-0.15, -0.1) is 0 Å². The highest BCUT2D eigenvalue weighted by atomic mass is 15.1. The minimum Gasteiger partial charge on any atom is -0.370 e. The Kier molecular flexibility index (Phi) is 5.83. The second kappa shape index (κ2) is 7.62. The lowest BCUT2D eigenvalue weighted by molar-refractivity contribution is 0.358. The van der Waals surface area contributed by atoms with E-state index >= 15 is 0 Å². The van der Waals surface area contributed by atoms with Gasteiger partial charge in [-0.3, -0.25) is 0 Å². The smallest absolute Gasteiger partial charge is 0.135 e. The molecule has 4 heteroatoms. The van der Waals surface area contributed by atoms with Gasteiger partial charge in [-0.25, -0.2) is 9.97 Å². The summed E-state index contributed by atoms with van der Waals surface area (Å²) in [5.41, 5.74) is 1.23. The average molecular weight is 290 g/mol. The van der Waals surface area contributed by atoms with E-state index in [2.05, 4.69) is 48.3 Å². The second-order valence-corrected chi connectivity index (χ2v) is 6.68. The summed E-state index contributed by atoms with van der Waals surface area (Å²) in [5, 5.41) is 7.13. The van der Waals surface area contributed by atoms with Gasteiger partial charge in [0.15, 0.2) is 0 Å². The zero-order valence-corrected chi connectivity index (χ0v) is 13.9. The Bertz CT molecular complexity index is 444. The predicted octanol–water partition coefficient (Wildman–Crippen LogP) is 4.41. The van der Waals surface area contributed by atoms with Gasteiger partial charge in [-0.2, -0.15) is 0 Å². The van der Waals surface area contributed by atoms with E-state index in [1.54, 1.807) is 6.33 Å². The topological polar surface area (TPSA) is 49.8 Å². The highest BCUT2D eigenvalue weighted by Crippen LogP contribution is 2.31. The molecular weight excluding hydrogens is 260 g/mol. The van der Waals surface area contributed by atoms with Crippen molar-refractivity contribution < 1.29 is 0 Å². The minimum atomic E-state index is 0.411. The van der Waals surface area contributed by atoms with Crippen molar-refractivity contribution in [1.82, 2.24) is 9.97 Å². The van der Waals surface area contributed by atoms with Gasteiger partial charge in [0.1, 0.15) is 18.0 Å². The van der Waals surface area contributed by atoms with E-state index in [9.17, 15) is 0 Å². The molecule has 2 N–H and O–H groups in total. The van der Waals surface area contributed by atoms with Crippen molar-refractivity contribution in [2.45, 2.75) is 71.8 Å². The van der Waals surface area contributed by atoms with Crippen LogP contribution in [-0.2, 0) is 0 Å². The molecule has 118 valence electrons. The second-order valence-electron chi connectivity index (χ2n) is 6.68. The van der Waals surface area contributed by atoms with Crippen molar-refractivity contribution in [2.24, 2.45) is 5.92 Å².